The summed E-state index contributed by atoms with van der Waals surface area (Å²) in [6, 6.07) is 0.811. The lowest BCUT2D eigenvalue weighted by molar-refractivity contribution is 0.0557. The van der Waals surface area contributed by atoms with Crippen LogP contribution < -0.4 is 0 Å². The summed E-state index contributed by atoms with van der Waals surface area (Å²) in [7, 11) is -2.60. The molecule has 0 atom stereocenters. The molecule has 0 aromatic rings. The van der Waals surface area contributed by atoms with Crippen LogP contribution in [0, 0.1) is 0 Å². The number of rotatable bonds is 17. The molecule has 136 valence electrons. The number of hydrogen-bond donors (Lipinski definition) is 0. The Morgan fingerprint density at radius 1 is 0.783 bits per heavy atom. The summed E-state index contributed by atoms with van der Waals surface area (Å²) in [4.78, 5) is 2.79. The second-order valence-corrected chi connectivity index (χ2v) is 8.43. The zero-order chi connectivity index (χ0) is 17.2. The highest BCUT2D eigenvalue weighted by molar-refractivity contribution is 6.60. The minimum Gasteiger partial charge on any atom is -0.373 e. The zero-order valence-electron chi connectivity index (χ0n) is 15.3. The number of nitrogens with zero attached hydrogens (tertiary/aromatic N) is 3. The highest BCUT2D eigenvalue weighted by atomic mass is 28.4. The maximum atomic E-state index is 8.35. The Bertz CT molecular complexity index is 286. The molecule has 23 heavy (non-hydrogen) atoms. The minimum absolute atomic E-state index is 0.528. The van der Waals surface area contributed by atoms with Crippen LogP contribution in [0.15, 0.2) is 5.11 Å². The fourth-order valence-electron chi connectivity index (χ4n) is 2.03. The quantitative estimate of drug-likeness (QED) is 0.115. The third-order valence-electron chi connectivity index (χ3n) is 3.51. The molecule has 0 N–H and O–H groups in total. The first-order chi connectivity index (χ1) is 11.2. The molecule has 0 heterocycles. The van der Waals surface area contributed by atoms with Gasteiger partial charge in [-0.05, 0) is 37.6 Å². The molecule has 0 spiro atoms. The van der Waals surface area contributed by atoms with Crippen LogP contribution in [0.1, 0.15) is 72.1 Å². The lowest BCUT2D eigenvalue weighted by Gasteiger charge is -2.30. The lowest BCUT2D eigenvalue weighted by Crippen LogP contribution is -2.46. The van der Waals surface area contributed by atoms with Crippen molar-refractivity contribution in [3.8, 4) is 0 Å². The summed E-state index contributed by atoms with van der Waals surface area (Å²) >= 11 is 0. The average molecular weight is 346 g/mol. The van der Waals surface area contributed by atoms with Gasteiger partial charge in [0, 0.05) is 37.3 Å². The van der Waals surface area contributed by atoms with E-state index in [4.69, 9.17) is 18.8 Å². The van der Waals surface area contributed by atoms with Crippen molar-refractivity contribution >= 4 is 8.80 Å². The van der Waals surface area contributed by atoms with Crippen molar-refractivity contribution in [2.24, 2.45) is 5.11 Å². The lowest BCUT2D eigenvalue weighted by atomic mass is 10.3. The maximum absolute atomic E-state index is 8.35. The first kappa shape index (κ1) is 22.4. The van der Waals surface area contributed by atoms with E-state index in [0.29, 0.717) is 26.4 Å². The number of unbranched alkanes of at least 4 members (excludes halogenated alkanes) is 4. The predicted octanol–water partition coefficient (Wildman–Crippen LogP) is 5.47. The fraction of sp³-hybridized carbons (Fsp3) is 1.00. The summed E-state index contributed by atoms with van der Waals surface area (Å²) in [5, 5.41) is 3.59. The predicted molar refractivity (Wildman–Crippen MR) is 96.4 cm³/mol. The van der Waals surface area contributed by atoms with Crippen LogP contribution in [0.2, 0.25) is 6.04 Å². The molecule has 7 heteroatoms. The van der Waals surface area contributed by atoms with Gasteiger partial charge in [0.15, 0.2) is 0 Å². The molecule has 0 radical (unpaired) electrons. The Kier molecular flexibility index (Phi) is 15.9. The van der Waals surface area contributed by atoms with Crippen LogP contribution in [0.5, 0.6) is 0 Å². The van der Waals surface area contributed by atoms with Gasteiger partial charge in [0.25, 0.3) is 0 Å². The van der Waals surface area contributed by atoms with Crippen LogP contribution in [0.3, 0.4) is 0 Å². The Morgan fingerprint density at radius 2 is 1.26 bits per heavy atom. The minimum atomic E-state index is -2.60. The van der Waals surface area contributed by atoms with Gasteiger partial charge in [0.2, 0.25) is 0 Å². The second-order valence-electron chi connectivity index (χ2n) is 5.70. The molecule has 0 aliphatic carbocycles. The second kappa shape index (κ2) is 16.3. The molecular formula is C16H35N3O3Si. The Balaban J connectivity index is 4.60. The van der Waals surface area contributed by atoms with Gasteiger partial charge < -0.3 is 13.3 Å². The van der Waals surface area contributed by atoms with Crippen LogP contribution in [0.25, 0.3) is 10.4 Å². The Labute approximate surface area is 142 Å². The van der Waals surface area contributed by atoms with Gasteiger partial charge in [0.05, 0.1) is 0 Å². The van der Waals surface area contributed by atoms with Crippen LogP contribution >= 0.6 is 0 Å². The molecule has 0 fully saturated rings. The summed E-state index contributed by atoms with van der Waals surface area (Å²) in [6.45, 7) is 9.11. The molecule has 6 nitrogen and oxygen atoms in total. The topological polar surface area (TPSA) is 76.5 Å². The highest BCUT2D eigenvalue weighted by Crippen LogP contribution is 2.21. The number of azide groups is 1. The van der Waals surface area contributed by atoms with Crippen molar-refractivity contribution in [2.45, 2.75) is 78.2 Å². The molecule has 0 aliphatic heterocycles. The molecule has 0 aliphatic rings. The van der Waals surface area contributed by atoms with Gasteiger partial charge in [-0.15, -0.1) is 0 Å². The zero-order valence-corrected chi connectivity index (χ0v) is 16.3. The average Bonchev–Trinajstić information content (AvgIpc) is 2.55. The van der Waals surface area contributed by atoms with E-state index >= 15 is 0 Å². The highest BCUT2D eigenvalue weighted by Gasteiger charge is 2.40. The van der Waals surface area contributed by atoms with E-state index in [1.54, 1.807) is 0 Å². The Morgan fingerprint density at radius 3 is 1.65 bits per heavy atom. The molecule has 0 unspecified atom stereocenters. The summed E-state index contributed by atoms with van der Waals surface area (Å²) in [5.41, 5.74) is 8.35. The molecule has 0 rings (SSSR count). The molecule has 0 saturated carbocycles. The normalized spacial score (nSPS) is 11.4. The molecule has 0 saturated heterocycles. The monoisotopic (exact) mass is 345 g/mol. The SMILES string of the molecule is CCCCO[Si](CCCCN=[N+]=[N-])(OCCCC)OCCCC. The smallest absolute Gasteiger partial charge is 0.373 e. The first-order valence-corrected chi connectivity index (χ1v) is 11.1. The van der Waals surface area contributed by atoms with E-state index in [1.807, 2.05) is 0 Å². The molecule has 0 amide bonds. The van der Waals surface area contributed by atoms with E-state index in [1.165, 1.54) is 0 Å². The van der Waals surface area contributed by atoms with Crippen LogP contribution in [-0.4, -0.2) is 35.2 Å². The molecule has 0 bridgehead atoms. The van der Waals surface area contributed by atoms with Crippen molar-refractivity contribution in [1.82, 2.24) is 0 Å². The molecule has 0 aromatic carbocycles. The number of hydrogen-bond acceptors (Lipinski definition) is 4. The molecule has 0 aromatic heterocycles. The summed E-state index contributed by atoms with van der Waals surface area (Å²) in [6.07, 6.45) is 8.16. The van der Waals surface area contributed by atoms with Gasteiger partial charge in [-0.2, -0.15) is 0 Å². The standard InChI is InChI=1S/C16H35N3O3Si/c1-4-7-13-20-23(21-14-8-5-2,22-15-9-6-3)16-11-10-12-18-19-17/h4-16H2,1-3H3. The van der Waals surface area contributed by atoms with E-state index in [9.17, 15) is 0 Å². The van der Waals surface area contributed by atoms with Gasteiger partial charge in [-0.25, -0.2) is 0 Å². The summed E-state index contributed by atoms with van der Waals surface area (Å²) in [5.74, 6) is 0. The fourth-order valence-corrected chi connectivity index (χ4v) is 4.76. The van der Waals surface area contributed by atoms with Crippen molar-refractivity contribution < 1.29 is 13.3 Å². The van der Waals surface area contributed by atoms with Crippen molar-refractivity contribution in [1.29, 1.82) is 0 Å². The van der Waals surface area contributed by atoms with Gasteiger partial charge in [0.1, 0.15) is 0 Å². The van der Waals surface area contributed by atoms with Gasteiger partial charge in [-0.3, -0.25) is 0 Å². The van der Waals surface area contributed by atoms with Gasteiger partial charge >= 0.3 is 8.80 Å². The van der Waals surface area contributed by atoms with E-state index in [-0.39, 0.29) is 0 Å². The first-order valence-electron chi connectivity index (χ1n) is 9.17. The van der Waals surface area contributed by atoms with Crippen molar-refractivity contribution in [3.63, 3.8) is 0 Å². The maximum Gasteiger partial charge on any atom is 0.500 e. The Hall–Kier alpha value is -0.593. The summed E-state index contributed by atoms with van der Waals surface area (Å²) < 4.78 is 18.5. The van der Waals surface area contributed by atoms with Gasteiger partial charge in [-0.1, -0.05) is 45.1 Å². The third kappa shape index (κ3) is 12.5. The van der Waals surface area contributed by atoms with Crippen molar-refractivity contribution in [3.05, 3.63) is 10.4 Å². The van der Waals surface area contributed by atoms with Crippen LogP contribution in [0.4, 0.5) is 0 Å². The third-order valence-corrected chi connectivity index (χ3v) is 6.41. The van der Waals surface area contributed by atoms with E-state index < -0.39 is 8.80 Å². The van der Waals surface area contributed by atoms with Crippen LogP contribution in [-0.2, 0) is 13.3 Å². The van der Waals surface area contributed by atoms with E-state index in [2.05, 4.69) is 30.8 Å². The molecular weight excluding hydrogens is 310 g/mol. The van der Waals surface area contributed by atoms with Crippen molar-refractivity contribution in [2.75, 3.05) is 26.4 Å². The van der Waals surface area contributed by atoms with E-state index in [0.717, 1.165) is 57.4 Å². The largest absolute Gasteiger partial charge is 0.500 e.